The highest BCUT2D eigenvalue weighted by Gasteiger charge is 2.18. The van der Waals surface area contributed by atoms with Gasteiger partial charge in [-0.3, -0.25) is 4.79 Å². The molecule has 8 heteroatoms. The van der Waals surface area contributed by atoms with E-state index in [9.17, 15) is 4.79 Å². The maximum atomic E-state index is 13.5. The molecule has 0 aromatic rings. The molecule has 1 atom stereocenters. The highest BCUT2D eigenvalue weighted by Crippen LogP contribution is 2.16. The number of amides is 1. The van der Waals surface area contributed by atoms with Gasteiger partial charge in [0.15, 0.2) is 0 Å². The van der Waals surface area contributed by atoms with E-state index in [2.05, 4.69) is 34.3 Å². The van der Waals surface area contributed by atoms with Crippen LogP contribution in [0.2, 0.25) is 0 Å². The number of unbranched alkanes of at least 4 members (excludes halogenated alkanes) is 30. The number of hydrogen-bond acceptors (Lipinski definition) is 7. The zero-order chi connectivity index (χ0) is 43.7. The second kappa shape index (κ2) is 50.9. The van der Waals surface area contributed by atoms with Crippen molar-refractivity contribution in [2.75, 3.05) is 72.0 Å². The molecule has 0 saturated carbocycles. The summed E-state index contributed by atoms with van der Waals surface area (Å²) in [6.07, 6.45) is 49.7. The van der Waals surface area contributed by atoms with E-state index in [0.29, 0.717) is 19.6 Å². The number of carbonyl (C=O) groups excluding carboxylic acids is 1. The maximum Gasteiger partial charge on any atom is 0.237 e. The molecular weight excluding hydrogens is 739 g/mol. The predicted octanol–water partition coefficient (Wildman–Crippen LogP) is 12.0. The summed E-state index contributed by atoms with van der Waals surface area (Å²) in [5.41, 5.74) is 17.4. The molecule has 1 amide bonds. The van der Waals surface area contributed by atoms with Gasteiger partial charge < -0.3 is 37.6 Å². The van der Waals surface area contributed by atoms with Gasteiger partial charge in [-0.2, -0.15) is 0 Å². The quantitative estimate of drug-likeness (QED) is 0.0386. The molecule has 0 aromatic carbocycles. The van der Waals surface area contributed by atoms with Crippen molar-refractivity contribution >= 4 is 5.91 Å². The van der Waals surface area contributed by atoms with Gasteiger partial charge in [-0.25, -0.2) is 0 Å². The lowest BCUT2D eigenvalue weighted by Crippen LogP contribution is -2.47. The fourth-order valence-corrected chi connectivity index (χ4v) is 8.75. The van der Waals surface area contributed by atoms with Crippen LogP contribution in [0.3, 0.4) is 0 Å². The summed E-state index contributed by atoms with van der Waals surface area (Å²) in [6.45, 7) is 14.4. The topological polar surface area (TPSA) is 126 Å². The van der Waals surface area contributed by atoms with Crippen molar-refractivity contribution in [3.63, 3.8) is 0 Å². The van der Waals surface area contributed by atoms with Crippen LogP contribution >= 0.6 is 0 Å². The molecule has 0 aliphatic heterocycles. The number of nitrogens with two attached hydrogens (primary N) is 3. The van der Waals surface area contributed by atoms with Gasteiger partial charge in [-0.15, -0.1) is 0 Å². The molecule has 0 heterocycles. The first-order valence-corrected chi connectivity index (χ1v) is 27.2. The molecule has 0 aromatic heterocycles. The molecule has 0 spiro atoms. The Bertz CT molecular complexity index is 773. The van der Waals surface area contributed by atoms with Gasteiger partial charge in [-0.05, 0) is 104 Å². The summed E-state index contributed by atoms with van der Waals surface area (Å²) in [4.78, 5) is 18.6. The van der Waals surface area contributed by atoms with E-state index in [1.54, 1.807) is 0 Å². The summed E-state index contributed by atoms with van der Waals surface area (Å²) >= 11 is 0. The SMILES string of the molecule is CCCCCCCCCCCCCCCCCCN(CCCCCCCCCCCCCCCCCC)CCNC(=O)C(CCCN(CCCN)CCCN)NCCCN. The Balaban J connectivity index is 4.61. The largest absolute Gasteiger partial charge is 0.353 e. The summed E-state index contributed by atoms with van der Waals surface area (Å²) in [5, 5.41) is 6.86. The van der Waals surface area contributed by atoms with Gasteiger partial charge in [0.2, 0.25) is 5.91 Å². The van der Waals surface area contributed by atoms with E-state index >= 15 is 0 Å². The van der Waals surface area contributed by atoms with E-state index in [1.807, 2.05) is 0 Å². The third kappa shape index (κ3) is 43.9. The summed E-state index contributed by atoms with van der Waals surface area (Å²) in [7, 11) is 0. The van der Waals surface area contributed by atoms with Gasteiger partial charge in [0.05, 0.1) is 6.04 Å². The summed E-state index contributed by atoms with van der Waals surface area (Å²) < 4.78 is 0. The van der Waals surface area contributed by atoms with Crippen molar-refractivity contribution in [1.82, 2.24) is 20.4 Å². The minimum absolute atomic E-state index is 0.146. The summed E-state index contributed by atoms with van der Waals surface area (Å²) in [6, 6.07) is -0.170. The maximum absolute atomic E-state index is 13.5. The van der Waals surface area contributed by atoms with Gasteiger partial charge >= 0.3 is 0 Å². The number of carbonyl (C=O) groups is 1. The molecule has 1 unspecified atom stereocenters. The van der Waals surface area contributed by atoms with E-state index in [0.717, 1.165) is 84.5 Å². The van der Waals surface area contributed by atoms with E-state index < -0.39 is 0 Å². The van der Waals surface area contributed by atoms with Crippen LogP contribution in [0, 0.1) is 0 Å². The standard InChI is InChI=1S/C52H111N7O/c1-3-5-7-9-11-13-15-17-19-21-23-25-27-29-31-33-45-59(46-34-32-30-28-26-24-22-20-18-16-14-12-10-8-6-4-2)50-44-57-52(60)51(56-43-36-40-53)39-35-47-58(48-37-41-54)49-38-42-55/h51,56H,3-50,53-55H2,1-2H3,(H,57,60). The first-order valence-electron chi connectivity index (χ1n) is 27.2. The van der Waals surface area contributed by atoms with Crippen LogP contribution in [0.25, 0.3) is 0 Å². The molecule has 8 nitrogen and oxygen atoms in total. The molecule has 360 valence electrons. The third-order valence-corrected chi connectivity index (χ3v) is 12.8. The predicted molar refractivity (Wildman–Crippen MR) is 267 cm³/mol. The van der Waals surface area contributed by atoms with Crippen LogP contribution in [0.5, 0.6) is 0 Å². The lowest BCUT2D eigenvalue weighted by atomic mass is 10.0. The van der Waals surface area contributed by atoms with Crippen LogP contribution in [0.1, 0.15) is 251 Å². The smallest absolute Gasteiger partial charge is 0.237 e. The van der Waals surface area contributed by atoms with Crippen LogP contribution in [0.4, 0.5) is 0 Å². The lowest BCUT2D eigenvalue weighted by Gasteiger charge is -2.25. The molecule has 0 bridgehead atoms. The summed E-state index contributed by atoms with van der Waals surface area (Å²) in [5.74, 6) is 0.146. The van der Waals surface area contributed by atoms with Crippen LogP contribution in [-0.4, -0.2) is 93.7 Å². The highest BCUT2D eigenvalue weighted by molar-refractivity contribution is 5.81. The van der Waals surface area contributed by atoms with Gasteiger partial charge in [0.1, 0.15) is 0 Å². The second-order valence-electron chi connectivity index (χ2n) is 18.7. The third-order valence-electron chi connectivity index (χ3n) is 12.8. The van der Waals surface area contributed by atoms with Gasteiger partial charge in [0, 0.05) is 13.1 Å². The van der Waals surface area contributed by atoms with Crippen LogP contribution in [0.15, 0.2) is 0 Å². The van der Waals surface area contributed by atoms with Gasteiger partial charge in [-0.1, -0.05) is 206 Å². The minimum atomic E-state index is -0.170. The fourth-order valence-electron chi connectivity index (χ4n) is 8.75. The number of hydrogen-bond donors (Lipinski definition) is 5. The van der Waals surface area contributed by atoms with E-state index in [4.69, 9.17) is 17.2 Å². The molecule has 0 fully saturated rings. The molecule has 0 aliphatic rings. The number of nitrogens with one attached hydrogen (secondary N) is 2. The molecule has 0 aliphatic carbocycles. The van der Waals surface area contributed by atoms with Crippen molar-refractivity contribution in [2.24, 2.45) is 17.2 Å². The molecule has 0 radical (unpaired) electrons. The molecule has 60 heavy (non-hydrogen) atoms. The Morgan fingerprint density at radius 3 is 1.02 bits per heavy atom. The molecule has 8 N–H and O–H groups in total. The molecule has 0 saturated heterocycles. The highest BCUT2D eigenvalue weighted by atomic mass is 16.2. The van der Waals surface area contributed by atoms with Crippen LogP contribution in [-0.2, 0) is 4.79 Å². The second-order valence-corrected chi connectivity index (χ2v) is 18.7. The van der Waals surface area contributed by atoms with Crippen molar-refractivity contribution in [2.45, 2.75) is 257 Å². The van der Waals surface area contributed by atoms with E-state index in [1.165, 1.54) is 205 Å². The van der Waals surface area contributed by atoms with Crippen LogP contribution < -0.4 is 27.8 Å². The average Bonchev–Trinajstić information content (AvgIpc) is 3.25. The minimum Gasteiger partial charge on any atom is -0.353 e. The Morgan fingerprint density at radius 2 is 0.667 bits per heavy atom. The lowest BCUT2D eigenvalue weighted by molar-refractivity contribution is -0.123. The monoisotopic (exact) mass is 850 g/mol. The molecule has 0 rings (SSSR count). The van der Waals surface area contributed by atoms with Crippen molar-refractivity contribution in [1.29, 1.82) is 0 Å². The Labute approximate surface area is 376 Å². The zero-order valence-corrected chi connectivity index (χ0v) is 41.1. The van der Waals surface area contributed by atoms with Gasteiger partial charge in [0.25, 0.3) is 0 Å². The van der Waals surface area contributed by atoms with Crippen molar-refractivity contribution < 1.29 is 4.79 Å². The Kier molecular flexibility index (Phi) is 50.2. The number of rotatable bonds is 52. The first kappa shape index (κ1) is 59.2. The fraction of sp³-hybridized carbons (Fsp3) is 0.981. The number of nitrogens with zero attached hydrogens (tertiary/aromatic N) is 2. The Morgan fingerprint density at radius 1 is 0.367 bits per heavy atom. The zero-order valence-electron chi connectivity index (χ0n) is 41.1. The van der Waals surface area contributed by atoms with Crippen molar-refractivity contribution in [3.05, 3.63) is 0 Å². The van der Waals surface area contributed by atoms with Crippen molar-refractivity contribution in [3.8, 4) is 0 Å². The Hall–Kier alpha value is -0.770. The van der Waals surface area contributed by atoms with E-state index in [-0.39, 0.29) is 11.9 Å². The normalized spacial score (nSPS) is 12.3. The average molecular weight is 851 g/mol. The molecular formula is C52H111N7O. The first-order chi connectivity index (χ1) is 29.6.